The van der Waals surface area contributed by atoms with Gasteiger partial charge < -0.3 is 4.43 Å². The van der Waals surface area contributed by atoms with Crippen LogP contribution >= 0.6 is 0 Å². The van der Waals surface area contributed by atoms with Crippen LogP contribution in [0.1, 0.15) is 34.1 Å². The van der Waals surface area contributed by atoms with Gasteiger partial charge in [0.2, 0.25) is 0 Å². The Morgan fingerprint density at radius 3 is 2.07 bits per heavy atom. The third-order valence-corrected chi connectivity index (χ3v) is 6.88. The van der Waals surface area contributed by atoms with Crippen molar-refractivity contribution in [2.24, 2.45) is 17.8 Å². The first-order valence-electron chi connectivity index (χ1n) is 6.05. The van der Waals surface area contributed by atoms with Crippen molar-refractivity contribution >= 4 is 8.32 Å². The first-order valence-corrected chi connectivity index (χ1v) is 9.16. The Labute approximate surface area is 90.4 Å². The second-order valence-corrected chi connectivity index (χ2v) is 10.2. The number of hydrogen-bond donors (Lipinski definition) is 0. The van der Waals surface area contributed by atoms with Gasteiger partial charge in [-0.15, -0.1) is 0 Å². The molecule has 4 atom stereocenters. The van der Waals surface area contributed by atoms with E-state index in [-0.39, 0.29) is 0 Å². The van der Waals surface area contributed by atoms with Gasteiger partial charge in [0, 0.05) is 6.10 Å². The molecule has 0 aromatic carbocycles. The zero-order valence-corrected chi connectivity index (χ0v) is 11.6. The van der Waals surface area contributed by atoms with E-state index in [4.69, 9.17) is 4.43 Å². The third kappa shape index (κ3) is 2.60. The van der Waals surface area contributed by atoms with E-state index >= 15 is 0 Å². The lowest BCUT2D eigenvalue weighted by Crippen LogP contribution is -2.36. The van der Waals surface area contributed by atoms with Crippen LogP contribution in [0.3, 0.4) is 0 Å². The van der Waals surface area contributed by atoms with Gasteiger partial charge in [0.05, 0.1) is 0 Å². The maximum absolute atomic E-state index is 6.34. The number of rotatable bonds is 3. The standard InChI is InChI=1S/C12H26OSi/c1-7-14(5,6)13-12-8-9(2)10(3)11(12)4/h9-12H,7-8H2,1-6H3. The van der Waals surface area contributed by atoms with Crippen molar-refractivity contribution in [2.75, 3.05) is 0 Å². The van der Waals surface area contributed by atoms with Crippen LogP contribution < -0.4 is 0 Å². The predicted octanol–water partition coefficient (Wildman–Crippen LogP) is 3.91. The van der Waals surface area contributed by atoms with Gasteiger partial charge in [-0.2, -0.15) is 0 Å². The van der Waals surface area contributed by atoms with E-state index < -0.39 is 8.32 Å². The average Bonchev–Trinajstić information content (AvgIpc) is 2.33. The molecule has 2 heteroatoms. The molecule has 1 aliphatic rings. The molecule has 84 valence electrons. The summed E-state index contributed by atoms with van der Waals surface area (Å²) in [5, 5.41) is 0. The molecule has 0 aliphatic heterocycles. The van der Waals surface area contributed by atoms with E-state index in [1.54, 1.807) is 0 Å². The van der Waals surface area contributed by atoms with Crippen molar-refractivity contribution in [3.8, 4) is 0 Å². The van der Waals surface area contributed by atoms with E-state index in [1.807, 2.05) is 0 Å². The minimum atomic E-state index is -1.34. The van der Waals surface area contributed by atoms with E-state index in [1.165, 1.54) is 12.5 Å². The highest BCUT2D eigenvalue weighted by Gasteiger charge is 2.38. The lowest BCUT2D eigenvalue weighted by molar-refractivity contribution is 0.146. The van der Waals surface area contributed by atoms with E-state index in [2.05, 4.69) is 40.8 Å². The maximum Gasteiger partial charge on any atom is 0.186 e. The van der Waals surface area contributed by atoms with Crippen LogP contribution in [0.15, 0.2) is 0 Å². The first-order chi connectivity index (χ1) is 6.37. The second-order valence-electron chi connectivity index (χ2n) is 5.70. The lowest BCUT2D eigenvalue weighted by Gasteiger charge is -2.29. The van der Waals surface area contributed by atoms with Crippen LogP contribution in [0, 0.1) is 17.8 Å². The van der Waals surface area contributed by atoms with Crippen molar-refractivity contribution in [2.45, 2.75) is 59.4 Å². The van der Waals surface area contributed by atoms with Gasteiger partial charge in [-0.1, -0.05) is 27.7 Å². The topological polar surface area (TPSA) is 9.23 Å². The van der Waals surface area contributed by atoms with Crippen molar-refractivity contribution < 1.29 is 4.43 Å². The average molecular weight is 214 g/mol. The Morgan fingerprint density at radius 1 is 1.14 bits per heavy atom. The van der Waals surface area contributed by atoms with Crippen molar-refractivity contribution in [1.82, 2.24) is 0 Å². The molecule has 1 rings (SSSR count). The van der Waals surface area contributed by atoms with Crippen LogP contribution in [-0.4, -0.2) is 14.4 Å². The van der Waals surface area contributed by atoms with Crippen molar-refractivity contribution in [3.63, 3.8) is 0 Å². The molecule has 1 fully saturated rings. The summed E-state index contributed by atoms with van der Waals surface area (Å²) in [6.07, 6.45) is 1.82. The molecule has 1 aliphatic carbocycles. The molecule has 0 spiro atoms. The highest BCUT2D eigenvalue weighted by atomic mass is 28.4. The summed E-state index contributed by atoms with van der Waals surface area (Å²) in [6.45, 7) is 14.0. The van der Waals surface area contributed by atoms with Crippen molar-refractivity contribution in [1.29, 1.82) is 0 Å². The molecule has 4 unspecified atom stereocenters. The lowest BCUT2D eigenvalue weighted by atomic mass is 9.94. The summed E-state index contributed by atoms with van der Waals surface area (Å²) in [5.74, 6) is 2.43. The van der Waals surface area contributed by atoms with Crippen LogP contribution in [0.4, 0.5) is 0 Å². The smallest absolute Gasteiger partial charge is 0.186 e. The Balaban J connectivity index is 2.55. The number of hydrogen-bond acceptors (Lipinski definition) is 1. The zero-order chi connectivity index (χ0) is 10.9. The summed E-state index contributed by atoms with van der Waals surface area (Å²) in [5.41, 5.74) is 0. The van der Waals surface area contributed by atoms with Gasteiger partial charge in [-0.3, -0.25) is 0 Å². The van der Waals surface area contributed by atoms with E-state index in [9.17, 15) is 0 Å². The summed E-state index contributed by atoms with van der Waals surface area (Å²) in [4.78, 5) is 0. The van der Waals surface area contributed by atoms with Gasteiger partial charge >= 0.3 is 0 Å². The Bertz CT molecular complexity index is 191. The molecule has 0 saturated heterocycles. The van der Waals surface area contributed by atoms with Gasteiger partial charge in [0.25, 0.3) is 0 Å². The highest BCUT2D eigenvalue weighted by molar-refractivity contribution is 6.71. The van der Waals surface area contributed by atoms with Crippen LogP contribution in [0.5, 0.6) is 0 Å². The van der Waals surface area contributed by atoms with E-state index in [0.29, 0.717) is 6.10 Å². The molecule has 1 nitrogen and oxygen atoms in total. The van der Waals surface area contributed by atoms with E-state index in [0.717, 1.165) is 17.8 Å². The fourth-order valence-corrected chi connectivity index (χ4v) is 3.60. The van der Waals surface area contributed by atoms with Crippen LogP contribution in [0.2, 0.25) is 19.1 Å². The summed E-state index contributed by atoms with van der Waals surface area (Å²) in [6, 6.07) is 1.24. The predicted molar refractivity (Wildman–Crippen MR) is 64.9 cm³/mol. The highest BCUT2D eigenvalue weighted by Crippen LogP contribution is 2.39. The van der Waals surface area contributed by atoms with Crippen LogP contribution in [-0.2, 0) is 4.43 Å². The van der Waals surface area contributed by atoms with Crippen LogP contribution in [0.25, 0.3) is 0 Å². The molecular weight excluding hydrogens is 188 g/mol. The summed E-state index contributed by atoms with van der Waals surface area (Å²) in [7, 11) is -1.34. The molecule has 0 N–H and O–H groups in total. The van der Waals surface area contributed by atoms with Gasteiger partial charge in [-0.05, 0) is 43.3 Å². The maximum atomic E-state index is 6.34. The SMILES string of the molecule is CC[Si](C)(C)OC1CC(C)C(C)C1C. The zero-order valence-electron chi connectivity index (χ0n) is 10.6. The third-order valence-electron chi connectivity index (χ3n) is 4.24. The second kappa shape index (κ2) is 4.36. The fraction of sp³-hybridized carbons (Fsp3) is 1.00. The molecule has 0 radical (unpaired) electrons. The molecule has 0 heterocycles. The Hall–Kier alpha value is 0.177. The largest absolute Gasteiger partial charge is 0.414 e. The molecule has 0 aromatic rings. The van der Waals surface area contributed by atoms with Gasteiger partial charge in [0.15, 0.2) is 8.32 Å². The minimum absolute atomic E-state index is 0.543. The van der Waals surface area contributed by atoms with Crippen molar-refractivity contribution in [3.05, 3.63) is 0 Å². The summed E-state index contributed by atoms with van der Waals surface area (Å²) >= 11 is 0. The molecule has 1 saturated carbocycles. The molecule has 0 bridgehead atoms. The molecule has 14 heavy (non-hydrogen) atoms. The first kappa shape index (κ1) is 12.2. The Kier molecular flexibility index (Phi) is 3.81. The Morgan fingerprint density at radius 2 is 1.71 bits per heavy atom. The minimum Gasteiger partial charge on any atom is -0.414 e. The molecular formula is C12H26OSi. The van der Waals surface area contributed by atoms with Gasteiger partial charge in [0.1, 0.15) is 0 Å². The summed E-state index contributed by atoms with van der Waals surface area (Å²) < 4.78 is 6.34. The monoisotopic (exact) mass is 214 g/mol. The quantitative estimate of drug-likeness (QED) is 0.647. The fourth-order valence-electron chi connectivity index (χ4n) is 2.30. The molecule has 0 amide bonds. The molecule has 0 aromatic heterocycles. The van der Waals surface area contributed by atoms with Gasteiger partial charge in [-0.25, -0.2) is 0 Å². The normalized spacial score (nSPS) is 39.0.